The molecule has 0 aliphatic carbocycles. The summed E-state index contributed by atoms with van der Waals surface area (Å²) in [7, 11) is 0. The van der Waals surface area contributed by atoms with Crippen LogP contribution in [-0.4, -0.2) is 47.8 Å². The van der Waals surface area contributed by atoms with Crippen molar-refractivity contribution < 1.29 is 4.74 Å². The number of nitrogens with zero attached hydrogens (tertiary/aromatic N) is 4. The van der Waals surface area contributed by atoms with E-state index in [2.05, 4.69) is 25.2 Å². The van der Waals surface area contributed by atoms with Crippen molar-refractivity contribution in [3.63, 3.8) is 0 Å². The standard InChI is InChI=1S/C13H20ClN5O/c14-11-16-12(15-8-10-4-7-20-9-10)18-13(17-11)19-5-2-1-3-6-19/h10H,1-9H2,(H,15,16,17,18). The number of piperidine rings is 1. The Hall–Kier alpha value is -1.14. The first-order chi connectivity index (χ1) is 9.81. The Morgan fingerprint density at radius 2 is 2.05 bits per heavy atom. The van der Waals surface area contributed by atoms with E-state index in [1.807, 2.05) is 0 Å². The van der Waals surface area contributed by atoms with Gasteiger partial charge in [-0.2, -0.15) is 15.0 Å². The van der Waals surface area contributed by atoms with Gasteiger partial charge in [0.2, 0.25) is 17.2 Å². The summed E-state index contributed by atoms with van der Waals surface area (Å²) in [6.45, 7) is 4.47. The van der Waals surface area contributed by atoms with Crippen LogP contribution >= 0.6 is 11.6 Å². The fraction of sp³-hybridized carbons (Fsp3) is 0.769. The largest absolute Gasteiger partial charge is 0.381 e. The molecule has 0 spiro atoms. The Morgan fingerprint density at radius 1 is 1.20 bits per heavy atom. The van der Waals surface area contributed by atoms with Gasteiger partial charge in [0, 0.05) is 32.2 Å². The van der Waals surface area contributed by atoms with Crippen LogP contribution in [0, 0.1) is 5.92 Å². The Bertz CT molecular complexity index is 446. The smallest absolute Gasteiger partial charge is 0.231 e. The molecule has 0 amide bonds. The lowest BCUT2D eigenvalue weighted by atomic mass is 10.1. The van der Waals surface area contributed by atoms with Crippen LogP contribution in [0.1, 0.15) is 25.7 Å². The second kappa shape index (κ2) is 6.54. The third-order valence-corrected chi connectivity index (χ3v) is 3.98. The van der Waals surface area contributed by atoms with Gasteiger partial charge in [-0.25, -0.2) is 0 Å². The van der Waals surface area contributed by atoms with Crippen LogP contribution in [0.5, 0.6) is 0 Å². The molecule has 110 valence electrons. The summed E-state index contributed by atoms with van der Waals surface area (Å²) in [5, 5.41) is 3.51. The van der Waals surface area contributed by atoms with E-state index in [4.69, 9.17) is 16.3 Å². The first-order valence-corrected chi connectivity index (χ1v) is 7.67. The minimum absolute atomic E-state index is 0.255. The molecule has 0 saturated carbocycles. The summed E-state index contributed by atoms with van der Waals surface area (Å²) in [5.74, 6) is 1.79. The number of halogens is 1. The highest BCUT2D eigenvalue weighted by Crippen LogP contribution is 2.19. The van der Waals surface area contributed by atoms with Gasteiger partial charge in [-0.1, -0.05) is 0 Å². The maximum absolute atomic E-state index is 6.01. The van der Waals surface area contributed by atoms with E-state index in [9.17, 15) is 0 Å². The molecule has 1 atom stereocenters. The highest BCUT2D eigenvalue weighted by molar-refractivity contribution is 6.28. The first-order valence-electron chi connectivity index (χ1n) is 7.29. The van der Waals surface area contributed by atoms with Crippen LogP contribution in [0.2, 0.25) is 5.28 Å². The molecule has 2 fully saturated rings. The summed E-state index contributed by atoms with van der Waals surface area (Å²) in [5.41, 5.74) is 0. The lowest BCUT2D eigenvalue weighted by Crippen LogP contribution is -2.31. The van der Waals surface area contributed by atoms with Gasteiger partial charge in [0.15, 0.2) is 0 Å². The van der Waals surface area contributed by atoms with Crippen molar-refractivity contribution >= 4 is 23.5 Å². The van der Waals surface area contributed by atoms with Crippen molar-refractivity contribution in [3.8, 4) is 0 Å². The third kappa shape index (κ3) is 3.49. The fourth-order valence-corrected chi connectivity index (χ4v) is 2.79. The van der Waals surface area contributed by atoms with Gasteiger partial charge in [0.05, 0.1) is 6.61 Å². The maximum Gasteiger partial charge on any atom is 0.231 e. The molecule has 3 rings (SSSR count). The van der Waals surface area contributed by atoms with E-state index in [1.165, 1.54) is 19.3 Å². The van der Waals surface area contributed by atoms with Crippen LogP contribution in [0.25, 0.3) is 0 Å². The lowest BCUT2D eigenvalue weighted by molar-refractivity contribution is 0.187. The van der Waals surface area contributed by atoms with Gasteiger partial charge >= 0.3 is 0 Å². The molecule has 7 heteroatoms. The number of hydrogen-bond acceptors (Lipinski definition) is 6. The van der Waals surface area contributed by atoms with Crippen LogP contribution < -0.4 is 10.2 Å². The van der Waals surface area contributed by atoms with Gasteiger partial charge in [0.25, 0.3) is 0 Å². The Balaban J connectivity index is 1.65. The van der Waals surface area contributed by atoms with Gasteiger partial charge in [-0.05, 0) is 37.3 Å². The number of aromatic nitrogens is 3. The molecule has 0 aromatic carbocycles. The quantitative estimate of drug-likeness (QED) is 0.917. The molecule has 1 aromatic rings. The SMILES string of the molecule is Clc1nc(NCC2CCOC2)nc(N2CCCCC2)n1. The molecule has 1 unspecified atom stereocenters. The normalized spacial score (nSPS) is 23.1. The highest BCUT2D eigenvalue weighted by atomic mass is 35.5. The summed E-state index contributed by atoms with van der Waals surface area (Å²) >= 11 is 6.01. The predicted octanol–water partition coefficient (Wildman–Crippen LogP) is 1.96. The van der Waals surface area contributed by atoms with E-state index in [1.54, 1.807) is 0 Å². The number of nitrogens with one attached hydrogen (secondary N) is 1. The molecule has 2 saturated heterocycles. The Labute approximate surface area is 123 Å². The zero-order valence-corrected chi connectivity index (χ0v) is 12.3. The molecule has 3 heterocycles. The van der Waals surface area contributed by atoms with Gasteiger partial charge in [-0.3, -0.25) is 0 Å². The molecular formula is C13H20ClN5O. The minimum Gasteiger partial charge on any atom is -0.381 e. The zero-order chi connectivity index (χ0) is 13.8. The van der Waals surface area contributed by atoms with E-state index in [0.717, 1.165) is 39.3 Å². The maximum atomic E-state index is 6.01. The second-order valence-electron chi connectivity index (χ2n) is 5.39. The topological polar surface area (TPSA) is 63.2 Å². The Kier molecular flexibility index (Phi) is 4.52. The van der Waals surface area contributed by atoms with E-state index >= 15 is 0 Å². The van der Waals surface area contributed by atoms with Gasteiger partial charge in [0.1, 0.15) is 0 Å². The van der Waals surface area contributed by atoms with E-state index < -0.39 is 0 Å². The number of ether oxygens (including phenoxy) is 1. The monoisotopic (exact) mass is 297 g/mol. The number of anilines is 2. The van der Waals surface area contributed by atoms with Crippen LogP contribution in [-0.2, 0) is 4.74 Å². The van der Waals surface area contributed by atoms with Crippen molar-refractivity contribution in [1.82, 2.24) is 15.0 Å². The Morgan fingerprint density at radius 3 is 2.80 bits per heavy atom. The lowest BCUT2D eigenvalue weighted by Gasteiger charge is -2.26. The summed E-state index contributed by atoms with van der Waals surface area (Å²) in [6.07, 6.45) is 4.74. The molecular weight excluding hydrogens is 278 g/mol. The molecule has 1 N–H and O–H groups in total. The van der Waals surface area contributed by atoms with E-state index in [0.29, 0.717) is 17.8 Å². The predicted molar refractivity (Wildman–Crippen MR) is 78.3 cm³/mol. The average Bonchev–Trinajstić information content (AvgIpc) is 2.99. The van der Waals surface area contributed by atoms with Crippen LogP contribution in [0.15, 0.2) is 0 Å². The van der Waals surface area contributed by atoms with Crippen molar-refractivity contribution in [2.24, 2.45) is 5.92 Å². The minimum atomic E-state index is 0.255. The van der Waals surface area contributed by atoms with Crippen molar-refractivity contribution in [2.45, 2.75) is 25.7 Å². The van der Waals surface area contributed by atoms with Crippen molar-refractivity contribution in [2.75, 3.05) is 43.1 Å². The zero-order valence-electron chi connectivity index (χ0n) is 11.5. The molecule has 6 nitrogen and oxygen atoms in total. The molecule has 2 aliphatic rings. The molecule has 0 bridgehead atoms. The first kappa shape index (κ1) is 13.8. The molecule has 0 radical (unpaired) electrons. The molecule has 20 heavy (non-hydrogen) atoms. The number of rotatable bonds is 4. The highest BCUT2D eigenvalue weighted by Gasteiger charge is 2.18. The third-order valence-electron chi connectivity index (χ3n) is 3.81. The average molecular weight is 298 g/mol. The molecule has 1 aromatic heterocycles. The fourth-order valence-electron chi connectivity index (χ4n) is 2.63. The van der Waals surface area contributed by atoms with Crippen molar-refractivity contribution in [1.29, 1.82) is 0 Å². The van der Waals surface area contributed by atoms with Crippen LogP contribution in [0.4, 0.5) is 11.9 Å². The van der Waals surface area contributed by atoms with Gasteiger partial charge < -0.3 is 15.0 Å². The van der Waals surface area contributed by atoms with Crippen LogP contribution in [0.3, 0.4) is 0 Å². The summed E-state index contributed by atoms with van der Waals surface area (Å²) in [4.78, 5) is 15.1. The summed E-state index contributed by atoms with van der Waals surface area (Å²) in [6, 6.07) is 0. The summed E-state index contributed by atoms with van der Waals surface area (Å²) < 4.78 is 5.36. The molecule has 2 aliphatic heterocycles. The number of hydrogen-bond donors (Lipinski definition) is 1. The van der Waals surface area contributed by atoms with Gasteiger partial charge in [-0.15, -0.1) is 0 Å². The van der Waals surface area contributed by atoms with Crippen molar-refractivity contribution in [3.05, 3.63) is 5.28 Å². The van der Waals surface area contributed by atoms with E-state index in [-0.39, 0.29) is 5.28 Å². The second-order valence-corrected chi connectivity index (χ2v) is 5.72.